The quantitative estimate of drug-likeness (QED) is 0.832. The third-order valence-electron chi connectivity index (χ3n) is 2.54. The number of rotatable bonds is 3. The first-order valence-corrected chi connectivity index (χ1v) is 5.29. The van der Waals surface area contributed by atoms with Crippen LogP contribution in [0.15, 0.2) is 12.4 Å². The van der Waals surface area contributed by atoms with E-state index in [4.69, 9.17) is 0 Å². The molecular weight excluding hydrogens is 202 g/mol. The maximum atomic E-state index is 4.50. The van der Waals surface area contributed by atoms with Gasteiger partial charge in [0.25, 0.3) is 0 Å². The molecule has 0 unspecified atom stereocenters. The minimum absolute atomic E-state index is 0.817. The minimum atomic E-state index is 0.817. The summed E-state index contributed by atoms with van der Waals surface area (Å²) in [7, 11) is 5.80. The molecule has 0 fully saturated rings. The molecule has 0 atom stereocenters. The van der Waals surface area contributed by atoms with Crippen molar-refractivity contribution in [1.29, 1.82) is 0 Å². The maximum absolute atomic E-state index is 4.50. The van der Waals surface area contributed by atoms with Gasteiger partial charge in [-0.25, -0.2) is 0 Å². The monoisotopic (exact) mass is 219 g/mol. The van der Waals surface area contributed by atoms with Crippen LogP contribution in [0, 0.1) is 6.92 Å². The average molecular weight is 219 g/mol. The number of nitrogens with one attached hydrogen (secondary N) is 1. The first-order valence-electron chi connectivity index (χ1n) is 5.29. The molecule has 0 aliphatic carbocycles. The van der Waals surface area contributed by atoms with Crippen molar-refractivity contribution in [1.82, 2.24) is 24.9 Å². The zero-order valence-corrected chi connectivity index (χ0v) is 10.2. The van der Waals surface area contributed by atoms with E-state index in [0.717, 1.165) is 23.5 Å². The number of aromatic nitrogens is 4. The lowest BCUT2D eigenvalue weighted by atomic mass is 10.1. The van der Waals surface area contributed by atoms with Gasteiger partial charge < -0.3 is 5.32 Å². The van der Waals surface area contributed by atoms with Gasteiger partial charge in [-0.2, -0.15) is 10.2 Å². The third kappa shape index (κ3) is 1.86. The lowest BCUT2D eigenvalue weighted by molar-refractivity contribution is 0.756. The Hall–Kier alpha value is -1.62. The summed E-state index contributed by atoms with van der Waals surface area (Å²) in [5, 5.41) is 12.0. The molecule has 1 N–H and O–H groups in total. The number of nitrogens with zero attached hydrogens (tertiary/aromatic N) is 4. The first kappa shape index (κ1) is 10.9. The molecule has 0 saturated heterocycles. The van der Waals surface area contributed by atoms with E-state index < -0.39 is 0 Å². The van der Waals surface area contributed by atoms with Crippen LogP contribution in [0.5, 0.6) is 0 Å². The molecule has 0 spiro atoms. The molecular formula is C11H17N5. The Balaban J connectivity index is 2.50. The summed E-state index contributed by atoms with van der Waals surface area (Å²) >= 11 is 0. The van der Waals surface area contributed by atoms with Crippen LogP contribution in [0.2, 0.25) is 0 Å². The topological polar surface area (TPSA) is 47.7 Å². The molecule has 2 aromatic heterocycles. The third-order valence-corrected chi connectivity index (χ3v) is 2.54. The fourth-order valence-electron chi connectivity index (χ4n) is 1.92. The van der Waals surface area contributed by atoms with Crippen LogP contribution < -0.4 is 5.32 Å². The zero-order valence-electron chi connectivity index (χ0n) is 10.2. The highest BCUT2D eigenvalue weighted by atomic mass is 15.3. The Bertz CT molecular complexity index is 494. The molecule has 0 aliphatic rings. The lowest BCUT2D eigenvalue weighted by Gasteiger charge is -1.99. The van der Waals surface area contributed by atoms with Crippen molar-refractivity contribution in [2.75, 3.05) is 7.05 Å². The second kappa shape index (κ2) is 4.09. The highest BCUT2D eigenvalue weighted by Crippen LogP contribution is 2.24. The van der Waals surface area contributed by atoms with Crippen molar-refractivity contribution in [2.24, 2.45) is 14.1 Å². The fraction of sp³-hybridized carbons (Fsp3) is 0.455. The highest BCUT2D eigenvalue weighted by molar-refractivity contribution is 5.64. The Labute approximate surface area is 95.1 Å². The summed E-state index contributed by atoms with van der Waals surface area (Å²) < 4.78 is 3.66. The van der Waals surface area contributed by atoms with Gasteiger partial charge in [0.1, 0.15) is 5.69 Å². The molecule has 0 aromatic carbocycles. The van der Waals surface area contributed by atoms with Crippen LogP contribution in [0.25, 0.3) is 11.3 Å². The van der Waals surface area contributed by atoms with Gasteiger partial charge in [-0.15, -0.1) is 0 Å². The number of aryl methyl sites for hydroxylation is 3. The van der Waals surface area contributed by atoms with Gasteiger partial charge in [0.05, 0.1) is 5.69 Å². The van der Waals surface area contributed by atoms with Gasteiger partial charge in [0, 0.05) is 44.2 Å². The van der Waals surface area contributed by atoms with E-state index in [9.17, 15) is 0 Å². The van der Waals surface area contributed by atoms with Crippen LogP contribution in [0.3, 0.4) is 0 Å². The van der Waals surface area contributed by atoms with Crippen molar-refractivity contribution in [3.05, 3.63) is 23.7 Å². The maximum Gasteiger partial charge on any atom is 0.100 e. The molecule has 16 heavy (non-hydrogen) atoms. The fourth-order valence-corrected chi connectivity index (χ4v) is 1.92. The van der Waals surface area contributed by atoms with Gasteiger partial charge in [-0.3, -0.25) is 9.36 Å². The standard InChI is InChI=1S/C11H17N5/c1-8-10(7-16(4)13-8)11-9(5-12-2)6-15(3)14-11/h6-7,12H,5H2,1-4H3. The molecule has 0 radical (unpaired) electrons. The molecule has 5 heteroatoms. The lowest BCUT2D eigenvalue weighted by Crippen LogP contribution is -2.05. The number of hydrogen-bond acceptors (Lipinski definition) is 3. The summed E-state index contributed by atoms with van der Waals surface area (Å²) in [5.74, 6) is 0. The molecule has 0 bridgehead atoms. The van der Waals surface area contributed by atoms with Gasteiger partial charge >= 0.3 is 0 Å². The van der Waals surface area contributed by atoms with E-state index in [0.29, 0.717) is 0 Å². The van der Waals surface area contributed by atoms with Crippen LogP contribution in [-0.4, -0.2) is 26.6 Å². The van der Waals surface area contributed by atoms with Crippen LogP contribution in [-0.2, 0) is 20.6 Å². The summed E-state index contributed by atoms with van der Waals surface area (Å²) in [4.78, 5) is 0. The van der Waals surface area contributed by atoms with Crippen molar-refractivity contribution in [3.8, 4) is 11.3 Å². The Morgan fingerprint density at radius 1 is 1.19 bits per heavy atom. The minimum Gasteiger partial charge on any atom is -0.316 e. The summed E-state index contributed by atoms with van der Waals surface area (Å²) in [6, 6.07) is 0. The summed E-state index contributed by atoms with van der Waals surface area (Å²) in [6.07, 6.45) is 4.05. The second-order valence-electron chi connectivity index (χ2n) is 4.01. The van der Waals surface area contributed by atoms with E-state index in [1.54, 1.807) is 0 Å². The number of hydrogen-bond donors (Lipinski definition) is 1. The summed E-state index contributed by atoms with van der Waals surface area (Å²) in [5.41, 5.74) is 4.33. The van der Waals surface area contributed by atoms with Crippen molar-refractivity contribution in [2.45, 2.75) is 13.5 Å². The Kier molecular flexibility index (Phi) is 2.78. The summed E-state index contributed by atoms with van der Waals surface area (Å²) in [6.45, 7) is 2.82. The Morgan fingerprint density at radius 3 is 2.44 bits per heavy atom. The average Bonchev–Trinajstić information content (AvgIpc) is 2.70. The van der Waals surface area contributed by atoms with Crippen LogP contribution in [0.1, 0.15) is 11.3 Å². The molecule has 2 aromatic rings. The predicted molar refractivity (Wildman–Crippen MR) is 62.9 cm³/mol. The van der Waals surface area contributed by atoms with E-state index in [-0.39, 0.29) is 0 Å². The molecule has 0 aliphatic heterocycles. The molecule has 5 nitrogen and oxygen atoms in total. The molecule has 0 amide bonds. The van der Waals surface area contributed by atoms with Crippen molar-refractivity contribution < 1.29 is 0 Å². The zero-order chi connectivity index (χ0) is 11.7. The van der Waals surface area contributed by atoms with E-state index in [1.807, 2.05) is 49.8 Å². The van der Waals surface area contributed by atoms with Crippen LogP contribution in [0.4, 0.5) is 0 Å². The van der Waals surface area contributed by atoms with Crippen LogP contribution >= 0.6 is 0 Å². The SMILES string of the molecule is CNCc1cn(C)nc1-c1cn(C)nc1C. The first-order chi connectivity index (χ1) is 7.61. The van der Waals surface area contributed by atoms with Gasteiger partial charge in [-0.05, 0) is 14.0 Å². The van der Waals surface area contributed by atoms with Gasteiger partial charge in [0.2, 0.25) is 0 Å². The normalized spacial score (nSPS) is 11.0. The smallest absolute Gasteiger partial charge is 0.100 e. The predicted octanol–water partition coefficient (Wildman–Crippen LogP) is 0.848. The van der Waals surface area contributed by atoms with Gasteiger partial charge in [-0.1, -0.05) is 0 Å². The van der Waals surface area contributed by atoms with E-state index in [2.05, 4.69) is 15.5 Å². The van der Waals surface area contributed by atoms with E-state index >= 15 is 0 Å². The van der Waals surface area contributed by atoms with Gasteiger partial charge in [0.15, 0.2) is 0 Å². The largest absolute Gasteiger partial charge is 0.316 e. The van der Waals surface area contributed by atoms with Crippen molar-refractivity contribution >= 4 is 0 Å². The Morgan fingerprint density at radius 2 is 1.88 bits per heavy atom. The highest BCUT2D eigenvalue weighted by Gasteiger charge is 2.13. The molecule has 86 valence electrons. The van der Waals surface area contributed by atoms with E-state index in [1.165, 1.54) is 5.56 Å². The molecule has 2 rings (SSSR count). The van der Waals surface area contributed by atoms with Crippen molar-refractivity contribution in [3.63, 3.8) is 0 Å². The second-order valence-corrected chi connectivity index (χ2v) is 4.01. The molecule has 2 heterocycles. The molecule has 0 saturated carbocycles.